The molecule has 0 unspecified atom stereocenters. The fourth-order valence-electron chi connectivity index (χ4n) is 2.24. The highest BCUT2D eigenvalue weighted by Crippen LogP contribution is 2.31. The van der Waals surface area contributed by atoms with Crippen LogP contribution in [0.4, 0.5) is 5.69 Å². The molecule has 1 aromatic rings. The molecule has 0 spiro atoms. The van der Waals surface area contributed by atoms with Crippen molar-refractivity contribution in [3.8, 4) is 0 Å². The predicted octanol–water partition coefficient (Wildman–Crippen LogP) is 2.33. The molecule has 0 radical (unpaired) electrons. The van der Waals surface area contributed by atoms with E-state index >= 15 is 0 Å². The van der Waals surface area contributed by atoms with Crippen molar-refractivity contribution in [3.63, 3.8) is 0 Å². The van der Waals surface area contributed by atoms with Crippen LogP contribution in [0.25, 0.3) is 0 Å². The fourth-order valence-corrected chi connectivity index (χ4v) is 2.24. The molecule has 0 aliphatic carbocycles. The van der Waals surface area contributed by atoms with Gasteiger partial charge in [0.25, 0.3) is 5.69 Å². The zero-order chi connectivity index (χ0) is 13.3. The topological polar surface area (TPSA) is 69.4 Å². The van der Waals surface area contributed by atoms with Crippen LogP contribution in [0, 0.1) is 22.0 Å². The zero-order valence-corrected chi connectivity index (χ0v) is 10.3. The predicted molar refractivity (Wildman–Crippen MR) is 65.0 cm³/mol. The molecule has 18 heavy (non-hydrogen) atoms. The molecule has 1 aromatic carbocycles. The maximum absolute atomic E-state index is 11.3. The first-order chi connectivity index (χ1) is 8.49. The number of benzene rings is 1. The third-order valence-corrected chi connectivity index (χ3v) is 3.24. The van der Waals surface area contributed by atoms with E-state index in [0.717, 1.165) is 5.56 Å². The third kappa shape index (κ3) is 2.34. The maximum Gasteiger partial charge on any atom is 0.313 e. The molecule has 2 rings (SSSR count). The summed E-state index contributed by atoms with van der Waals surface area (Å²) in [7, 11) is 0. The Hall–Kier alpha value is -1.91. The Morgan fingerprint density at radius 2 is 1.94 bits per heavy atom. The highest BCUT2D eigenvalue weighted by molar-refractivity contribution is 5.78. The normalized spacial score (nSPS) is 22.5. The van der Waals surface area contributed by atoms with Crippen LogP contribution in [0.2, 0.25) is 0 Å². The molecular weight excluding hydrogens is 234 g/mol. The number of nitrogens with zero attached hydrogens (tertiary/aromatic N) is 1. The van der Waals surface area contributed by atoms with Crippen molar-refractivity contribution in [2.75, 3.05) is 0 Å². The summed E-state index contributed by atoms with van der Waals surface area (Å²) in [6.07, 6.45) is 0.519. The average molecular weight is 249 g/mol. The molecular formula is C13H15NO4. The van der Waals surface area contributed by atoms with Gasteiger partial charge < -0.3 is 4.74 Å². The van der Waals surface area contributed by atoms with Crippen LogP contribution in [0.3, 0.4) is 0 Å². The number of carbonyl (C=O) groups is 1. The Labute approximate surface area is 105 Å². The summed E-state index contributed by atoms with van der Waals surface area (Å²) in [4.78, 5) is 21.4. The number of rotatable bonds is 4. The molecule has 0 N–H and O–H groups in total. The molecule has 0 saturated carbocycles. The van der Waals surface area contributed by atoms with Crippen molar-refractivity contribution < 1.29 is 14.5 Å². The second-order valence-electron chi connectivity index (χ2n) is 4.87. The van der Waals surface area contributed by atoms with Gasteiger partial charge in [-0.15, -0.1) is 0 Å². The molecule has 2 atom stereocenters. The first-order valence-corrected chi connectivity index (χ1v) is 5.93. The Morgan fingerprint density at radius 1 is 1.33 bits per heavy atom. The SMILES string of the molecule is CC(C)[C@@H]1C(=O)O[C@@H]1Cc1ccc([N+](=O)[O-])cc1. The first kappa shape index (κ1) is 12.5. The minimum atomic E-state index is -0.427. The lowest BCUT2D eigenvalue weighted by Crippen LogP contribution is -2.49. The molecule has 0 bridgehead atoms. The second-order valence-corrected chi connectivity index (χ2v) is 4.87. The van der Waals surface area contributed by atoms with Gasteiger partial charge in [0.15, 0.2) is 0 Å². The molecule has 0 amide bonds. The van der Waals surface area contributed by atoms with E-state index in [1.165, 1.54) is 12.1 Å². The van der Waals surface area contributed by atoms with E-state index in [0.29, 0.717) is 6.42 Å². The van der Waals surface area contributed by atoms with Crippen LogP contribution in [0.1, 0.15) is 19.4 Å². The zero-order valence-electron chi connectivity index (χ0n) is 10.3. The van der Waals surface area contributed by atoms with Gasteiger partial charge in [0.05, 0.1) is 10.8 Å². The molecule has 1 aliphatic heterocycles. The number of carbonyl (C=O) groups excluding carboxylic acids is 1. The summed E-state index contributed by atoms with van der Waals surface area (Å²) in [6, 6.07) is 6.36. The van der Waals surface area contributed by atoms with E-state index in [1.807, 2.05) is 13.8 Å². The van der Waals surface area contributed by atoms with Gasteiger partial charge in [-0.1, -0.05) is 26.0 Å². The van der Waals surface area contributed by atoms with Crippen LogP contribution in [0.5, 0.6) is 0 Å². The number of nitro groups is 1. The summed E-state index contributed by atoms with van der Waals surface area (Å²) >= 11 is 0. The lowest BCUT2D eigenvalue weighted by Gasteiger charge is -2.37. The Kier molecular flexibility index (Phi) is 3.32. The molecule has 1 saturated heterocycles. The van der Waals surface area contributed by atoms with E-state index in [9.17, 15) is 14.9 Å². The average Bonchev–Trinajstić information content (AvgIpc) is 2.27. The van der Waals surface area contributed by atoms with Gasteiger partial charge in [0.1, 0.15) is 6.10 Å². The monoisotopic (exact) mass is 249 g/mol. The summed E-state index contributed by atoms with van der Waals surface area (Å²) in [5, 5.41) is 10.5. The largest absolute Gasteiger partial charge is 0.461 e. The number of hydrogen-bond donors (Lipinski definition) is 0. The molecule has 1 fully saturated rings. The smallest absolute Gasteiger partial charge is 0.313 e. The maximum atomic E-state index is 11.3. The Morgan fingerprint density at radius 3 is 2.39 bits per heavy atom. The summed E-state index contributed by atoms with van der Waals surface area (Å²) in [5.74, 6) is 0.0615. The van der Waals surface area contributed by atoms with Gasteiger partial charge in [-0.05, 0) is 11.5 Å². The number of ether oxygens (including phenoxy) is 1. The van der Waals surface area contributed by atoms with Gasteiger partial charge >= 0.3 is 5.97 Å². The molecule has 96 valence electrons. The van der Waals surface area contributed by atoms with Crippen molar-refractivity contribution in [3.05, 3.63) is 39.9 Å². The standard InChI is InChI=1S/C13H15NO4/c1-8(2)12-11(18-13(12)15)7-9-3-5-10(6-4-9)14(16)17/h3-6,8,11-12H,7H2,1-2H3/t11-,12+/m1/s1. The van der Waals surface area contributed by atoms with E-state index in [4.69, 9.17) is 4.74 Å². The second kappa shape index (κ2) is 4.76. The number of nitro benzene ring substituents is 1. The van der Waals surface area contributed by atoms with E-state index < -0.39 is 4.92 Å². The minimum Gasteiger partial charge on any atom is -0.461 e. The van der Waals surface area contributed by atoms with Gasteiger partial charge in [0.2, 0.25) is 0 Å². The van der Waals surface area contributed by atoms with Gasteiger partial charge in [-0.3, -0.25) is 14.9 Å². The van der Waals surface area contributed by atoms with Crippen molar-refractivity contribution in [1.29, 1.82) is 0 Å². The molecule has 1 aliphatic rings. The van der Waals surface area contributed by atoms with E-state index in [2.05, 4.69) is 0 Å². The van der Waals surface area contributed by atoms with Crippen LogP contribution in [-0.4, -0.2) is 17.0 Å². The van der Waals surface area contributed by atoms with Crippen LogP contribution in [-0.2, 0) is 16.0 Å². The number of esters is 1. The quantitative estimate of drug-likeness (QED) is 0.466. The summed E-state index contributed by atoms with van der Waals surface area (Å²) in [6.45, 7) is 3.99. The van der Waals surface area contributed by atoms with Gasteiger partial charge in [0, 0.05) is 18.6 Å². The number of cyclic esters (lactones) is 1. The fraction of sp³-hybridized carbons (Fsp3) is 0.462. The molecule has 0 aromatic heterocycles. The number of hydrogen-bond acceptors (Lipinski definition) is 4. The van der Waals surface area contributed by atoms with Crippen LogP contribution >= 0.6 is 0 Å². The van der Waals surface area contributed by atoms with Crippen LogP contribution in [0.15, 0.2) is 24.3 Å². The van der Waals surface area contributed by atoms with Crippen molar-refractivity contribution >= 4 is 11.7 Å². The lowest BCUT2D eigenvalue weighted by molar-refractivity contribution is -0.384. The highest BCUT2D eigenvalue weighted by Gasteiger charge is 2.43. The summed E-state index contributed by atoms with van der Waals surface area (Å²) in [5.41, 5.74) is 1.02. The van der Waals surface area contributed by atoms with Crippen molar-refractivity contribution in [2.45, 2.75) is 26.4 Å². The first-order valence-electron chi connectivity index (χ1n) is 5.93. The van der Waals surface area contributed by atoms with Gasteiger partial charge in [-0.2, -0.15) is 0 Å². The highest BCUT2D eigenvalue weighted by atomic mass is 16.6. The van der Waals surface area contributed by atoms with Gasteiger partial charge in [-0.25, -0.2) is 0 Å². The molecule has 5 nitrogen and oxygen atoms in total. The van der Waals surface area contributed by atoms with Crippen LogP contribution < -0.4 is 0 Å². The van der Waals surface area contributed by atoms with Crippen molar-refractivity contribution in [2.24, 2.45) is 11.8 Å². The number of non-ortho nitro benzene ring substituents is 1. The Bertz CT molecular complexity index is 466. The van der Waals surface area contributed by atoms with Crippen molar-refractivity contribution in [1.82, 2.24) is 0 Å². The summed E-state index contributed by atoms with van der Waals surface area (Å²) < 4.78 is 5.12. The molecule has 5 heteroatoms. The van der Waals surface area contributed by atoms with E-state index in [1.54, 1.807) is 12.1 Å². The Balaban J connectivity index is 2.02. The lowest BCUT2D eigenvalue weighted by atomic mass is 9.83. The minimum absolute atomic E-state index is 0.0554. The third-order valence-electron chi connectivity index (χ3n) is 3.24. The molecule has 1 heterocycles. The van der Waals surface area contributed by atoms with E-state index in [-0.39, 0.29) is 29.6 Å².